The van der Waals surface area contributed by atoms with Gasteiger partial charge in [-0.1, -0.05) is 23.9 Å². The zero-order chi connectivity index (χ0) is 19.1. The van der Waals surface area contributed by atoms with E-state index in [1.165, 1.54) is 9.20 Å². The first-order chi connectivity index (χ1) is 12.2. The summed E-state index contributed by atoms with van der Waals surface area (Å²) < 4.78 is 26.4. The highest BCUT2D eigenvalue weighted by Crippen LogP contribution is 2.48. The predicted molar refractivity (Wildman–Crippen MR) is 108 cm³/mol. The Hall–Kier alpha value is -1.54. The molecule has 0 amide bonds. The lowest BCUT2D eigenvalue weighted by molar-refractivity contribution is 0.319. The Bertz CT molecular complexity index is 911. The molecule has 2 aromatic carbocycles. The van der Waals surface area contributed by atoms with Crippen molar-refractivity contribution < 1.29 is 8.42 Å². The molecule has 0 bridgehead atoms. The van der Waals surface area contributed by atoms with Gasteiger partial charge in [-0.05, 0) is 51.4 Å². The fraction of sp³-hybridized carbons (Fsp3) is 0.368. The summed E-state index contributed by atoms with van der Waals surface area (Å²) in [5, 5.41) is 0. The van der Waals surface area contributed by atoms with Crippen LogP contribution in [0.5, 0.6) is 0 Å². The minimum atomic E-state index is -3.47. The Morgan fingerprint density at radius 1 is 1.00 bits per heavy atom. The fourth-order valence-electron chi connectivity index (χ4n) is 2.80. The molecular weight excluding hydrogens is 366 g/mol. The molecular formula is C19H25N3O2S2. The van der Waals surface area contributed by atoms with Crippen LogP contribution in [0.3, 0.4) is 0 Å². The Kier molecular flexibility index (Phi) is 5.35. The minimum Gasteiger partial charge on any atom is -0.338 e. The molecule has 0 unspecified atom stereocenters. The Morgan fingerprint density at radius 2 is 1.65 bits per heavy atom. The van der Waals surface area contributed by atoms with Gasteiger partial charge < -0.3 is 9.80 Å². The average molecular weight is 392 g/mol. The third-order valence-corrected chi connectivity index (χ3v) is 7.65. The van der Waals surface area contributed by atoms with Crippen molar-refractivity contribution in [3.8, 4) is 0 Å². The van der Waals surface area contributed by atoms with E-state index >= 15 is 0 Å². The molecule has 1 aliphatic heterocycles. The number of likely N-dealkylation sites (N-methyl/N-ethyl adjacent to an activating group) is 1. The third kappa shape index (κ3) is 3.49. The van der Waals surface area contributed by atoms with Crippen molar-refractivity contribution in [1.82, 2.24) is 9.21 Å². The number of sulfonamides is 1. The first kappa shape index (κ1) is 19.2. The van der Waals surface area contributed by atoms with Crippen LogP contribution in [0.2, 0.25) is 0 Å². The summed E-state index contributed by atoms with van der Waals surface area (Å²) in [6, 6.07) is 14.0. The van der Waals surface area contributed by atoms with E-state index < -0.39 is 10.0 Å². The lowest BCUT2D eigenvalue weighted by atomic mass is 10.2. The second-order valence-corrected chi connectivity index (χ2v) is 10.1. The van der Waals surface area contributed by atoms with Gasteiger partial charge in [0.25, 0.3) is 0 Å². The van der Waals surface area contributed by atoms with Crippen LogP contribution in [0.1, 0.15) is 6.92 Å². The van der Waals surface area contributed by atoms with E-state index in [1.807, 2.05) is 18.2 Å². The highest BCUT2D eigenvalue weighted by molar-refractivity contribution is 7.99. The molecule has 1 heterocycles. The van der Waals surface area contributed by atoms with Crippen molar-refractivity contribution in [2.75, 3.05) is 39.6 Å². The van der Waals surface area contributed by atoms with Gasteiger partial charge in [-0.2, -0.15) is 0 Å². The minimum absolute atomic E-state index is 0.313. The Balaban J connectivity index is 2.12. The van der Waals surface area contributed by atoms with Gasteiger partial charge in [0.15, 0.2) is 0 Å². The molecule has 1 atom stereocenters. The molecule has 0 aliphatic carbocycles. The number of para-hydroxylation sites is 1. The maximum Gasteiger partial charge on any atom is 0.242 e. The molecule has 0 N–H and O–H groups in total. The fourth-order valence-corrected chi connectivity index (χ4v) is 4.80. The summed E-state index contributed by atoms with van der Waals surface area (Å²) in [7, 11) is 3.77. The van der Waals surface area contributed by atoms with E-state index in [-0.39, 0.29) is 0 Å². The number of anilines is 2. The van der Waals surface area contributed by atoms with Crippen LogP contribution in [0.25, 0.3) is 0 Å². The van der Waals surface area contributed by atoms with E-state index in [4.69, 9.17) is 0 Å². The normalized spacial score (nSPS) is 15.1. The van der Waals surface area contributed by atoms with E-state index in [0.29, 0.717) is 10.9 Å². The van der Waals surface area contributed by atoms with Gasteiger partial charge in [-0.15, -0.1) is 0 Å². The summed E-state index contributed by atoms with van der Waals surface area (Å²) >= 11 is 1.69. The Morgan fingerprint density at radius 3 is 2.31 bits per heavy atom. The average Bonchev–Trinajstić information content (AvgIpc) is 2.60. The second kappa shape index (κ2) is 7.23. The molecule has 140 valence electrons. The number of rotatable bonds is 5. The van der Waals surface area contributed by atoms with Crippen LogP contribution in [0.15, 0.2) is 57.2 Å². The summed E-state index contributed by atoms with van der Waals surface area (Å²) in [5.74, 6) is 0. The van der Waals surface area contributed by atoms with Crippen LogP contribution in [-0.2, 0) is 10.0 Å². The number of nitrogens with zero attached hydrogens (tertiary/aromatic N) is 3. The molecule has 0 saturated carbocycles. The number of hydrogen-bond acceptors (Lipinski definition) is 5. The number of benzene rings is 2. The zero-order valence-corrected chi connectivity index (χ0v) is 17.4. The monoisotopic (exact) mass is 391 g/mol. The van der Waals surface area contributed by atoms with Crippen molar-refractivity contribution in [1.29, 1.82) is 0 Å². The number of hydrogen-bond donors (Lipinski definition) is 0. The van der Waals surface area contributed by atoms with Gasteiger partial charge in [-0.3, -0.25) is 0 Å². The zero-order valence-electron chi connectivity index (χ0n) is 15.8. The largest absolute Gasteiger partial charge is 0.338 e. The standard InChI is InChI=1S/C19H25N3O2S2/c1-14(20(2)3)13-22-16-8-6-7-9-18(16)25-19-11-10-15(12-17(19)22)26(23,24)21(4)5/h6-12,14H,13H2,1-5H3/t14-/m1/s1. The van der Waals surface area contributed by atoms with Crippen molar-refractivity contribution in [3.63, 3.8) is 0 Å². The second-order valence-electron chi connectivity index (χ2n) is 6.91. The van der Waals surface area contributed by atoms with Gasteiger partial charge >= 0.3 is 0 Å². The molecule has 5 nitrogen and oxygen atoms in total. The smallest absolute Gasteiger partial charge is 0.242 e. The molecule has 7 heteroatoms. The van der Waals surface area contributed by atoms with E-state index in [1.54, 1.807) is 38.0 Å². The molecule has 26 heavy (non-hydrogen) atoms. The summed E-state index contributed by atoms with van der Waals surface area (Å²) in [4.78, 5) is 7.00. The van der Waals surface area contributed by atoms with E-state index in [9.17, 15) is 8.42 Å². The molecule has 0 aromatic heterocycles. The molecule has 0 spiro atoms. The molecule has 0 fully saturated rings. The molecule has 1 aliphatic rings. The first-order valence-electron chi connectivity index (χ1n) is 8.49. The maximum atomic E-state index is 12.6. The Labute approximate surface area is 160 Å². The quantitative estimate of drug-likeness (QED) is 0.781. The van der Waals surface area contributed by atoms with Gasteiger partial charge in [0.1, 0.15) is 0 Å². The van der Waals surface area contributed by atoms with E-state index in [0.717, 1.165) is 22.8 Å². The van der Waals surface area contributed by atoms with Gasteiger partial charge in [0.2, 0.25) is 10.0 Å². The lowest BCUT2D eigenvalue weighted by Gasteiger charge is -2.36. The van der Waals surface area contributed by atoms with Crippen molar-refractivity contribution in [2.45, 2.75) is 27.7 Å². The molecule has 0 saturated heterocycles. The van der Waals surface area contributed by atoms with Crippen LogP contribution in [0.4, 0.5) is 11.4 Å². The van der Waals surface area contributed by atoms with Crippen LogP contribution < -0.4 is 4.90 Å². The van der Waals surface area contributed by atoms with Gasteiger partial charge in [0, 0.05) is 36.5 Å². The highest BCUT2D eigenvalue weighted by Gasteiger charge is 2.27. The van der Waals surface area contributed by atoms with Crippen LogP contribution in [0, 0.1) is 0 Å². The molecule has 3 rings (SSSR count). The molecule has 2 aromatic rings. The summed E-state index contributed by atoms with van der Waals surface area (Å²) in [6.45, 7) is 2.95. The first-order valence-corrected chi connectivity index (χ1v) is 10.7. The van der Waals surface area contributed by atoms with Gasteiger partial charge in [0.05, 0.1) is 16.3 Å². The third-order valence-electron chi connectivity index (χ3n) is 4.70. The summed E-state index contributed by atoms with van der Waals surface area (Å²) in [5.41, 5.74) is 2.07. The summed E-state index contributed by atoms with van der Waals surface area (Å²) in [6.07, 6.45) is 0. The molecule has 0 radical (unpaired) electrons. The van der Waals surface area contributed by atoms with E-state index in [2.05, 4.69) is 43.0 Å². The van der Waals surface area contributed by atoms with Crippen molar-refractivity contribution in [2.24, 2.45) is 0 Å². The highest BCUT2D eigenvalue weighted by atomic mass is 32.2. The maximum absolute atomic E-state index is 12.6. The van der Waals surface area contributed by atoms with Gasteiger partial charge in [-0.25, -0.2) is 12.7 Å². The van der Waals surface area contributed by atoms with Crippen molar-refractivity contribution in [3.05, 3.63) is 42.5 Å². The van der Waals surface area contributed by atoms with Crippen LogP contribution >= 0.6 is 11.8 Å². The topological polar surface area (TPSA) is 43.9 Å². The SMILES string of the molecule is C[C@H](CN1c2ccccc2Sc2ccc(S(=O)(=O)N(C)C)cc21)N(C)C. The number of fused-ring (bicyclic) bond motifs is 2. The predicted octanol–water partition coefficient (Wildman–Crippen LogP) is 3.49. The lowest BCUT2D eigenvalue weighted by Crippen LogP contribution is -2.37. The van der Waals surface area contributed by atoms with Crippen molar-refractivity contribution >= 4 is 33.2 Å². The van der Waals surface area contributed by atoms with Crippen LogP contribution in [-0.4, -0.2) is 58.4 Å².